The van der Waals surface area contributed by atoms with E-state index in [0.29, 0.717) is 24.0 Å². The van der Waals surface area contributed by atoms with Gasteiger partial charge in [-0.15, -0.1) is 0 Å². The molecule has 1 amide bonds. The van der Waals surface area contributed by atoms with E-state index in [9.17, 15) is 4.79 Å². The van der Waals surface area contributed by atoms with Crippen LogP contribution >= 0.6 is 12.2 Å². The highest BCUT2D eigenvalue weighted by Gasteiger charge is 2.52. The number of amides is 1. The first kappa shape index (κ1) is 15.0. The first-order chi connectivity index (χ1) is 9.49. The molecule has 2 rings (SSSR count). The van der Waals surface area contributed by atoms with Gasteiger partial charge in [-0.25, -0.2) is 0 Å². The van der Waals surface area contributed by atoms with Crippen molar-refractivity contribution in [2.75, 3.05) is 6.54 Å². The molecule has 1 aliphatic carbocycles. The van der Waals surface area contributed by atoms with Crippen molar-refractivity contribution in [2.45, 2.75) is 33.2 Å². The molecule has 1 aliphatic rings. The zero-order valence-corrected chi connectivity index (χ0v) is 13.0. The highest BCUT2D eigenvalue weighted by Crippen LogP contribution is 2.47. The van der Waals surface area contributed by atoms with E-state index in [-0.39, 0.29) is 5.91 Å². The molecule has 0 unspecified atom stereocenters. The number of rotatable bonds is 5. The van der Waals surface area contributed by atoms with E-state index in [0.717, 1.165) is 18.4 Å². The number of nitrogens with two attached hydrogens (primary N) is 1. The van der Waals surface area contributed by atoms with Gasteiger partial charge in [0.05, 0.1) is 10.4 Å². The van der Waals surface area contributed by atoms with Gasteiger partial charge in [0.2, 0.25) is 5.91 Å². The van der Waals surface area contributed by atoms with E-state index >= 15 is 0 Å². The molecule has 2 N–H and O–H groups in total. The molecule has 3 nitrogen and oxygen atoms in total. The number of carbonyl (C=O) groups excluding carboxylic acids is 1. The Kier molecular flexibility index (Phi) is 4.43. The molecule has 1 aromatic carbocycles. The van der Waals surface area contributed by atoms with Gasteiger partial charge in [0, 0.05) is 13.1 Å². The lowest BCUT2D eigenvalue weighted by Crippen LogP contribution is -2.56. The van der Waals surface area contributed by atoms with Gasteiger partial charge in [-0.1, -0.05) is 49.5 Å². The van der Waals surface area contributed by atoms with Crippen molar-refractivity contribution < 1.29 is 4.79 Å². The summed E-state index contributed by atoms with van der Waals surface area (Å²) in [4.78, 5) is 15.0. The molecule has 1 fully saturated rings. The molecule has 20 heavy (non-hydrogen) atoms. The second-order valence-corrected chi connectivity index (χ2v) is 6.20. The zero-order chi connectivity index (χ0) is 14.8. The standard InChI is InChI=1S/C16H22N2OS/c1-3-18(11-13-7-5-4-6-8-13)15(19)16(14(17)20)9-12(2)10-16/h4-8,12H,3,9-11H2,1-2H3,(H2,17,20). The minimum absolute atomic E-state index is 0.0921. The van der Waals surface area contributed by atoms with Crippen molar-refractivity contribution in [1.82, 2.24) is 4.90 Å². The number of hydrogen-bond acceptors (Lipinski definition) is 2. The maximum absolute atomic E-state index is 12.8. The topological polar surface area (TPSA) is 46.3 Å². The maximum Gasteiger partial charge on any atom is 0.235 e. The van der Waals surface area contributed by atoms with Crippen molar-refractivity contribution in [1.29, 1.82) is 0 Å². The second-order valence-electron chi connectivity index (χ2n) is 5.76. The normalized spacial score (nSPS) is 24.8. The summed E-state index contributed by atoms with van der Waals surface area (Å²) in [6.07, 6.45) is 1.57. The van der Waals surface area contributed by atoms with Crippen LogP contribution in [0.25, 0.3) is 0 Å². The number of thiocarbonyl (C=S) groups is 1. The highest BCUT2D eigenvalue weighted by molar-refractivity contribution is 7.80. The summed E-state index contributed by atoms with van der Waals surface area (Å²) in [5, 5.41) is 0. The Hall–Kier alpha value is -1.42. The van der Waals surface area contributed by atoms with E-state index in [4.69, 9.17) is 18.0 Å². The van der Waals surface area contributed by atoms with Crippen LogP contribution in [0.5, 0.6) is 0 Å². The third-order valence-electron chi connectivity index (χ3n) is 4.16. The van der Waals surface area contributed by atoms with Crippen LogP contribution in [0.4, 0.5) is 0 Å². The Morgan fingerprint density at radius 1 is 1.40 bits per heavy atom. The zero-order valence-electron chi connectivity index (χ0n) is 12.1. The third-order valence-corrected chi connectivity index (χ3v) is 4.55. The van der Waals surface area contributed by atoms with Crippen LogP contribution in [-0.2, 0) is 11.3 Å². The fourth-order valence-corrected chi connectivity index (χ4v) is 3.30. The molecule has 0 saturated heterocycles. The van der Waals surface area contributed by atoms with Gasteiger partial charge in [-0.3, -0.25) is 4.79 Å². The summed E-state index contributed by atoms with van der Waals surface area (Å²) in [5.41, 5.74) is 6.40. The summed E-state index contributed by atoms with van der Waals surface area (Å²) in [6, 6.07) is 10.0. The van der Waals surface area contributed by atoms with Crippen molar-refractivity contribution >= 4 is 23.1 Å². The first-order valence-electron chi connectivity index (χ1n) is 7.13. The summed E-state index contributed by atoms with van der Waals surface area (Å²) < 4.78 is 0. The van der Waals surface area contributed by atoms with E-state index in [1.165, 1.54) is 0 Å². The molecular weight excluding hydrogens is 268 g/mol. The lowest BCUT2D eigenvalue weighted by Gasteiger charge is -2.46. The lowest BCUT2D eigenvalue weighted by molar-refractivity contribution is -0.144. The van der Waals surface area contributed by atoms with Crippen molar-refractivity contribution in [3.8, 4) is 0 Å². The molecular formula is C16H22N2OS. The summed E-state index contributed by atoms with van der Waals surface area (Å²) >= 11 is 5.17. The fourth-order valence-electron chi connectivity index (χ4n) is 3.04. The van der Waals surface area contributed by atoms with Gasteiger partial charge in [-0.2, -0.15) is 0 Å². The number of hydrogen-bond donors (Lipinski definition) is 1. The Labute approximate surface area is 126 Å². The van der Waals surface area contributed by atoms with Crippen molar-refractivity contribution in [3.63, 3.8) is 0 Å². The predicted octanol–water partition coefficient (Wildman–Crippen LogP) is 2.74. The molecule has 0 spiro atoms. The van der Waals surface area contributed by atoms with Gasteiger partial charge >= 0.3 is 0 Å². The van der Waals surface area contributed by atoms with Crippen molar-refractivity contribution in [2.24, 2.45) is 17.1 Å². The molecule has 0 atom stereocenters. The summed E-state index contributed by atoms with van der Waals surface area (Å²) in [7, 11) is 0. The molecule has 1 saturated carbocycles. The minimum atomic E-state index is -0.598. The SMILES string of the molecule is CCN(Cc1ccccc1)C(=O)C1(C(N)=S)CC(C)C1. The highest BCUT2D eigenvalue weighted by atomic mass is 32.1. The molecule has 0 aliphatic heterocycles. The van der Waals surface area contributed by atoms with E-state index in [2.05, 4.69) is 6.92 Å². The number of benzene rings is 1. The van der Waals surface area contributed by atoms with E-state index < -0.39 is 5.41 Å². The van der Waals surface area contributed by atoms with Gasteiger partial charge in [-0.05, 0) is 31.2 Å². The van der Waals surface area contributed by atoms with E-state index in [1.807, 2.05) is 42.2 Å². The van der Waals surface area contributed by atoms with Crippen LogP contribution in [0, 0.1) is 11.3 Å². The Morgan fingerprint density at radius 2 is 2.00 bits per heavy atom. The lowest BCUT2D eigenvalue weighted by atomic mass is 9.61. The fraction of sp³-hybridized carbons (Fsp3) is 0.500. The van der Waals surface area contributed by atoms with Crippen molar-refractivity contribution in [3.05, 3.63) is 35.9 Å². The van der Waals surface area contributed by atoms with E-state index in [1.54, 1.807) is 0 Å². The van der Waals surface area contributed by atoms with Crippen LogP contribution < -0.4 is 5.73 Å². The number of nitrogens with zero attached hydrogens (tertiary/aromatic N) is 1. The Bertz CT molecular complexity index is 494. The minimum Gasteiger partial charge on any atom is -0.392 e. The molecule has 0 radical (unpaired) electrons. The van der Waals surface area contributed by atoms with Gasteiger partial charge in [0.25, 0.3) is 0 Å². The average molecular weight is 290 g/mol. The van der Waals surface area contributed by atoms with Crippen LogP contribution in [-0.4, -0.2) is 22.3 Å². The Balaban J connectivity index is 2.15. The largest absolute Gasteiger partial charge is 0.392 e. The molecule has 0 heterocycles. The Morgan fingerprint density at radius 3 is 2.45 bits per heavy atom. The molecule has 108 valence electrons. The molecule has 1 aromatic rings. The monoisotopic (exact) mass is 290 g/mol. The molecule has 0 aromatic heterocycles. The summed E-state index contributed by atoms with van der Waals surface area (Å²) in [6.45, 7) is 5.43. The first-order valence-corrected chi connectivity index (χ1v) is 7.53. The smallest absolute Gasteiger partial charge is 0.235 e. The van der Waals surface area contributed by atoms with Gasteiger partial charge in [0.15, 0.2) is 0 Å². The average Bonchev–Trinajstić information content (AvgIpc) is 2.41. The van der Waals surface area contributed by atoms with Crippen LogP contribution in [0.3, 0.4) is 0 Å². The predicted molar refractivity (Wildman–Crippen MR) is 85.1 cm³/mol. The van der Waals surface area contributed by atoms with Gasteiger partial charge in [0.1, 0.15) is 0 Å². The van der Waals surface area contributed by atoms with Crippen LogP contribution in [0.2, 0.25) is 0 Å². The maximum atomic E-state index is 12.8. The van der Waals surface area contributed by atoms with Crippen LogP contribution in [0.1, 0.15) is 32.3 Å². The quantitative estimate of drug-likeness (QED) is 0.848. The summed E-state index contributed by atoms with van der Waals surface area (Å²) in [5.74, 6) is 0.616. The number of carbonyl (C=O) groups is 1. The van der Waals surface area contributed by atoms with Crippen LogP contribution in [0.15, 0.2) is 30.3 Å². The molecule has 0 bridgehead atoms. The van der Waals surface area contributed by atoms with Gasteiger partial charge < -0.3 is 10.6 Å². The second kappa shape index (κ2) is 5.92. The molecule has 4 heteroatoms. The third kappa shape index (κ3) is 2.70.